The number of carbonyl (C=O) groups excluding carboxylic acids is 2. The monoisotopic (exact) mass is 590 g/mol. The number of hydrogen-bond donors (Lipinski definition) is 0. The van der Waals surface area contributed by atoms with Gasteiger partial charge in [0.1, 0.15) is 5.69 Å². The van der Waals surface area contributed by atoms with Crippen molar-refractivity contribution in [3.63, 3.8) is 0 Å². The molecule has 0 saturated carbocycles. The molecule has 0 bridgehead atoms. The van der Waals surface area contributed by atoms with Gasteiger partial charge < -0.3 is 9.64 Å². The van der Waals surface area contributed by atoms with Crippen molar-refractivity contribution in [1.29, 1.82) is 0 Å². The van der Waals surface area contributed by atoms with Gasteiger partial charge in [-0.15, -0.1) is 0 Å². The Morgan fingerprint density at radius 3 is 1.33 bits per heavy atom. The first-order chi connectivity index (χ1) is 22.0. The number of esters is 1. The standard InChI is InChI=1S/C40H34N2O3/c1-4-42(5-2)40(44)39-38-36(31-24-16-9-17-25-31)34(29-20-12-7-13-21-29)33(28-18-10-6-11-19-28)35(30-22-14-8-15-23-30)37(38)32(26-41-39)45-27(3)43/h6-26H,4-5H2,1-3H3. The van der Waals surface area contributed by atoms with Crippen molar-refractivity contribution >= 4 is 22.6 Å². The molecular formula is C40H34N2O3. The number of pyridine rings is 1. The van der Waals surface area contributed by atoms with E-state index in [0.717, 1.165) is 44.5 Å². The summed E-state index contributed by atoms with van der Waals surface area (Å²) < 4.78 is 5.94. The SMILES string of the molecule is CCN(CC)C(=O)c1ncc(OC(C)=O)c2c(-c3ccccc3)c(-c3ccccc3)c(-c3ccccc3)c(-c3ccccc3)c12. The molecule has 1 heterocycles. The molecule has 0 aliphatic heterocycles. The molecule has 5 nitrogen and oxygen atoms in total. The van der Waals surface area contributed by atoms with Crippen LogP contribution in [0.2, 0.25) is 0 Å². The Kier molecular flexibility index (Phi) is 8.52. The maximum absolute atomic E-state index is 14.3. The normalized spacial score (nSPS) is 10.9. The van der Waals surface area contributed by atoms with Crippen molar-refractivity contribution in [3.05, 3.63) is 133 Å². The molecular weight excluding hydrogens is 556 g/mol. The molecule has 1 amide bonds. The van der Waals surface area contributed by atoms with Gasteiger partial charge in [0.25, 0.3) is 5.91 Å². The van der Waals surface area contributed by atoms with Crippen LogP contribution >= 0.6 is 0 Å². The number of amides is 1. The van der Waals surface area contributed by atoms with E-state index in [4.69, 9.17) is 9.72 Å². The van der Waals surface area contributed by atoms with Gasteiger partial charge in [0.2, 0.25) is 0 Å². The fourth-order valence-electron chi connectivity index (χ4n) is 6.11. The molecule has 1 aromatic heterocycles. The van der Waals surface area contributed by atoms with E-state index in [0.29, 0.717) is 35.3 Å². The molecule has 0 aliphatic carbocycles. The van der Waals surface area contributed by atoms with Crippen molar-refractivity contribution in [2.75, 3.05) is 13.1 Å². The van der Waals surface area contributed by atoms with Gasteiger partial charge >= 0.3 is 5.97 Å². The first-order valence-corrected chi connectivity index (χ1v) is 15.2. The molecule has 0 aliphatic rings. The summed E-state index contributed by atoms with van der Waals surface area (Å²) in [7, 11) is 0. The summed E-state index contributed by atoms with van der Waals surface area (Å²) in [5, 5.41) is 1.31. The summed E-state index contributed by atoms with van der Waals surface area (Å²) in [6, 6.07) is 40.7. The van der Waals surface area contributed by atoms with Crippen LogP contribution in [-0.2, 0) is 4.79 Å². The second-order valence-electron chi connectivity index (χ2n) is 10.8. The Bertz CT molecular complexity index is 1970. The number of rotatable bonds is 8. The summed E-state index contributed by atoms with van der Waals surface area (Å²) in [4.78, 5) is 33.5. The third-order valence-corrected chi connectivity index (χ3v) is 8.05. The number of carbonyl (C=O) groups is 2. The van der Waals surface area contributed by atoms with E-state index >= 15 is 0 Å². The molecule has 0 spiro atoms. The van der Waals surface area contributed by atoms with Crippen LogP contribution in [0.4, 0.5) is 0 Å². The topological polar surface area (TPSA) is 59.5 Å². The molecule has 0 atom stereocenters. The van der Waals surface area contributed by atoms with E-state index in [1.807, 2.05) is 86.6 Å². The van der Waals surface area contributed by atoms with E-state index in [1.54, 1.807) is 4.90 Å². The van der Waals surface area contributed by atoms with Crippen LogP contribution < -0.4 is 4.74 Å². The lowest BCUT2D eigenvalue weighted by Crippen LogP contribution is -2.31. The predicted molar refractivity (Wildman–Crippen MR) is 182 cm³/mol. The number of hydrogen-bond acceptors (Lipinski definition) is 4. The average molecular weight is 591 g/mol. The highest BCUT2D eigenvalue weighted by atomic mass is 16.5. The van der Waals surface area contributed by atoms with E-state index in [-0.39, 0.29) is 5.91 Å². The predicted octanol–water partition coefficient (Wildman–Crippen LogP) is 9.31. The van der Waals surface area contributed by atoms with Crippen molar-refractivity contribution in [1.82, 2.24) is 9.88 Å². The number of benzene rings is 5. The van der Waals surface area contributed by atoms with E-state index in [9.17, 15) is 9.59 Å². The van der Waals surface area contributed by atoms with Crippen LogP contribution in [0.5, 0.6) is 5.75 Å². The third-order valence-electron chi connectivity index (χ3n) is 8.05. The van der Waals surface area contributed by atoms with Gasteiger partial charge in [-0.1, -0.05) is 121 Å². The quantitative estimate of drug-likeness (QED) is 0.166. The van der Waals surface area contributed by atoms with Crippen molar-refractivity contribution < 1.29 is 14.3 Å². The van der Waals surface area contributed by atoms with Gasteiger partial charge in [0, 0.05) is 41.9 Å². The Balaban J connectivity index is 1.98. The number of fused-ring (bicyclic) bond motifs is 1. The smallest absolute Gasteiger partial charge is 0.308 e. The zero-order valence-corrected chi connectivity index (χ0v) is 25.7. The van der Waals surface area contributed by atoms with Crippen molar-refractivity contribution in [3.8, 4) is 50.3 Å². The molecule has 6 aromatic rings. The molecule has 0 saturated heterocycles. The Morgan fingerprint density at radius 2 is 0.956 bits per heavy atom. The first kappa shape index (κ1) is 29.5. The summed E-state index contributed by atoms with van der Waals surface area (Å²) in [6.45, 7) is 6.38. The van der Waals surface area contributed by atoms with Gasteiger partial charge in [-0.25, -0.2) is 4.98 Å². The fourth-order valence-corrected chi connectivity index (χ4v) is 6.11. The number of aromatic nitrogens is 1. The Labute approximate surface area is 263 Å². The van der Waals surface area contributed by atoms with E-state index in [2.05, 4.69) is 48.5 Å². The molecule has 0 fully saturated rings. The van der Waals surface area contributed by atoms with E-state index in [1.165, 1.54) is 13.1 Å². The number of nitrogens with zero attached hydrogens (tertiary/aromatic N) is 2. The first-order valence-electron chi connectivity index (χ1n) is 15.2. The van der Waals surface area contributed by atoms with Crippen LogP contribution in [0.3, 0.4) is 0 Å². The van der Waals surface area contributed by atoms with Gasteiger partial charge in [-0.2, -0.15) is 0 Å². The molecule has 5 aromatic carbocycles. The minimum Gasteiger partial charge on any atom is -0.424 e. The minimum atomic E-state index is -0.463. The zero-order valence-electron chi connectivity index (χ0n) is 25.7. The average Bonchev–Trinajstić information content (AvgIpc) is 3.09. The second kappa shape index (κ2) is 13.0. The maximum atomic E-state index is 14.3. The molecule has 0 N–H and O–H groups in total. The summed E-state index contributed by atoms with van der Waals surface area (Å²) in [5.74, 6) is -0.335. The Hall–Kier alpha value is -5.55. The van der Waals surface area contributed by atoms with Crippen molar-refractivity contribution in [2.45, 2.75) is 20.8 Å². The van der Waals surface area contributed by atoms with Crippen molar-refractivity contribution in [2.24, 2.45) is 0 Å². The molecule has 222 valence electrons. The molecule has 45 heavy (non-hydrogen) atoms. The lowest BCUT2D eigenvalue weighted by molar-refractivity contribution is -0.131. The van der Waals surface area contributed by atoms with Crippen LogP contribution in [0.1, 0.15) is 31.3 Å². The van der Waals surface area contributed by atoms with Crippen LogP contribution in [-0.4, -0.2) is 34.8 Å². The molecule has 0 radical (unpaired) electrons. The highest BCUT2D eigenvalue weighted by Gasteiger charge is 2.30. The molecule has 0 unspecified atom stereocenters. The van der Waals surface area contributed by atoms with Crippen LogP contribution in [0, 0.1) is 0 Å². The molecule has 5 heteroatoms. The highest BCUT2D eigenvalue weighted by molar-refractivity contribution is 6.24. The Morgan fingerprint density at radius 1 is 0.578 bits per heavy atom. The summed E-state index contributed by atoms with van der Waals surface area (Å²) in [6.07, 6.45) is 1.53. The lowest BCUT2D eigenvalue weighted by Gasteiger charge is -2.27. The molecule has 6 rings (SSSR count). The largest absolute Gasteiger partial charge is 0.424 e. The van der Waals surface area contributed by atoms with Gasteiger partial charge in [-0.3, -0.25) is 9.59 Å². The zero-order chi connectivity index (χ0) is 31.3. The minimum absolute atomic E-state index is 0.179. The lowest BCUT2D eigenvalue weighted by atomic mass is 9.78. The van der Waals surface area contributed by atoms with Crippen LogP contribution in [0.25, 0.3) is 55.3 Å². The highest BCUT2D eigenvalue weighted by Crippen LogP contribution is 2.53. The van der Waals surface area contributed by atoms with Crippen LogP contribution in [0.15, 0.2) is 128 Å². The summed E-state index contributed by atoms with van der Waals surface area (Å²) >= 11 is 0. The third kappa shape index (κ3) is 5.61. The fraction of sp³-hybridized carbons (Fsp3) is 0.125. The maximum Gasteiger partial charge on any atom is 0.308 e. The van der Waals surface area contributed by atoms with Gasteiger partial charge in [-0.05, 0) is 47.2 Å². The summed E-state index contributed by atoms with van der Waals surface area (Å²) in [5.41, 5.74) is 7.82. The second-order valence-corrected chi connectivity index (χ2v) is 10.8. The van der Waals surface area contributed by atoms with Gasteiger partial charge in [0.15, 0.2) is 5.75 Å². The number of ether oxygens (including phenoxy) is 1. The van der Waals surface area contributed by atoms with Gasteiger partial charge in [0.05, 0.1) is 6.20 Å². The van der Waals surface area contributed by atoms with E-state index < -0.39 is 5.97 Å².